The van der Waals surface area contributed by atoms with Gasteiger partial charge in [0.05, 0.1) is 24.2 Å². The molecular weight excluding hydrogens is 418 g/mol. The van der Waals surface area contributed by atoms with E-state index in [-0.39, 0.29) is 0 Å². The minimum atomic E-state index is -3.42. The van der Waals surface area contributed by atoms with Crippen LogP contribution < -0.4 is 0 Å². The lowest BCUT2D eigenvalue weighted by molar-refractivity contribution is 0.363. The SMILES string of the molecule is CCCN(C(c1ccccc1)c1cccc(-c2cnc(-c3ccccc3)[nH]2)c1)S(C)(=O)=O. The van der Waals surface area contributed by atoms with Crippen molar-refractivity contribution in [2.75, 3.05) is 12.8 Å². The number of sulfonamides is 1. The van der Waals surface area contributed by atoms with Gasteiger partial charge in [0.2, 0.25) is 10.0 Å². The van der Waals surface area contributed by atoms with Gasteiger partial charge in [-0.25, -0.2) is 13.4 Å². The second kappa shape index (κ2) is 9.51. The summed E-state index contributed by atoms with van der Waals surface area (Å²) < 4.78 is 27.1. The number of aromatic nitrogens is 2. The maximum absolute atomic E-state index is 12.7. The molecule has 6 heteroatoms. The number of imidazole rings is 1. The minimum Gasteiger partial charge on any atom is -0.338 e. The normalized spacial score (nSPS) is 12.7. The summed E-state index contributed by atoms with van der Waals surface area (Å²) >= 11 is 0. The third-order valence-electron chi connectivity index (χ3n) is 5.41. The second-order valence-corrected chi connectivity index (χ2v) is 9.76. The highest BCUT2D eigenvalue weighted by atomic mass is 32.2. The number of nitrogens with one attached hydrogen (secondary N) is 1. The molecule has 0 spiro atoms. The summed E-state index contributed by atoms with van der Waals surface area (Å²) in [4.78, 5) is 7.93. The molecule has 1 N–H and O–H groups in total. The maximum atomic E-state index is 12.7. The summed E-state index contributed by atoms with van der Waals surface area (Å²) in [5.41, 5.74) is 4.73. The zero-order chi connectivity index (χ0) is 22.6. The van der Waals surface area contributed by atoms with Crippen LogP contribution in [0.5, 0.6) is 0 Å². The van der Waals surface area contributed by atoms with Crippen molar-refractivity contribution in [2.24, 2.45) is 0 Å². The first-order chi connectivity index (χ1) is 15.5. The number of rotatable bonds is 8. The zero-order valence-corrected chi connectivity index (χ0v) is 19.1. The molecule has 0 saturated heterocycles. The van der Waals surface area contributed by atoms with Crippen LogP contribution in [0.25, 0.3) is 22.6 Å². The van der Waals surface area contributed by atoms with Gasteiger partial charge < -0.3 is 4.98 Å². The van der Waals surface area contributed by atoms with Crippen LogP contribution in [0.15, 0.2) is 91.1 Å². The van der Waals surface area contributed by atoms with E-state index in [1.54, 1.807) is 4.31 Å². The molecule has 0 aliphatic carbocycles. The fourth-order valence-electron chi connectivity index (χ4n) is 3.95. The summed E-state index contributed by atoms with van der Waals surface area (Å²) in [6, 6.07) is 27.4. The van der Waals surface area contributed by atoms with Crippen LogP contribution >= 0.6 is 0 Å². The van der Waals surface area contributed by atoms with E-state index in [1.165, 1.54) is 6.26 Å². The summed E-state index contributed by atoms with van der Waals surface area (Å²) in [6.07, 6.45) is 3.83. The summed E-state index contributed by atoms with van der Waals surface area (Å²) in [6.45, 7) is 2.44. The van der Waals surface area contributed by atoms with E-state index in [4.69, 9.17) is 0 Å². The number of H-pyrrole nitrogens is 1. The first-order valence-corrected chi connectivity index (χ1v) is 12.5. The van der Waals surface area contributed by atoms with Crippen LogP contribution in [-0.2, 0) is 10.0 Å². The van der Waals surface area contributed by atoms with Crippen molar-refractivity contribution in [3.8, 4) is 22.6 Å². The Hall–Kier alpha value is -3.22. The van der Waals surface area contributed by atoms with Gasteiger partial charge >= 0.3 is 0 Å². The fourth-order valence-corrected chi connectivity index (χ4v) is 5.09. The highest BCUT2D eigenvalue weighted by Crippen LogP contribution is 2.33. The largest absolute Gasteiger partial charge is 0.338 e. The third kappa shape index (κ3) is 4.82. The highest BCUT2D eigenvalue weighted by molar-refractivity contribution is 7.88. The Bertz CT molecular complexity index is 1270. The molecule has 0 bridgehead atoms. The van der Waals surface area contributed by atoms with Crippen molar-refractivity contribution >= 4 is 10.0 Å². The molecule has 4 aromatic rings. The first kappa shape index (κ1) is 22.0. The predicted octanol–water partition coefficient (Wildman–Crippen LogP) is 5.50. The second-order valence-electron chi connectivity index (χ2n) is 7.82. The number of aromatic amines is 1. The van der Waals surface area contributed by atoms with E-state index in [2.05, 4.69) is 9.97 Å². The molecule has 4 rings (SSSR count). The van der Waals surface area contributed by atoms with Gasteiger partial charge in [-0.15, -0.1) is 0 Å². The lowest BCUT2D eigenvalue weighted by atomic mass is 9.96. The van der Waals surface area contributed by atoms with E-state index in [9.17, 15) is 8.42 Å². The van der Waals surface area contributed by atoms with Crippen LogP contribution in [0.1, 0.15) is 30.5 Å². The smallest absolute Gasteiger partial charge is 0.212 e. The summed E-state index contributed by atoms with van der Waals surface area (Å²) in [5, 5.41) is 0. The van der Waals surface area contributed by atoms with Gasteiger partial charge in [-0.1, -0.05) is 85.8 Å². The number of hydrogen-bond donors (Lipinski definition) is 1. The molecule has 32 heavy (non-hydrogen) atoms. The maximum Gasteiger partial charge on any atom is 0.212 e. The van der Waals surface area contributed by atoms with E-state index < -0.39 is 16.1 Å². The Balaban J connectivity index is 1.77. The third-order valence-corrected chi connectivity index (χ3v) is 6.66. The minimum absolute atomic E-state index is 0.400. The highest BCUT2D eigenvalue weighted by Gasteiger charge is 2.29. The Labute approximate surface area is 189 Å². The van der Waals surface area contributed by atoms with Crippen molar-refractivity contribution in [2.45, 2.75) is 19.4 Å². The van der Waals surface area contributed by atoms with Crippen molar-refractivity contribution in [3.05, 3.63) is 102 Å². The van der Waals surface area contributed by atoms with Gasteiger partial charge in [0.15, 0.2) is 0 Å². The lowest BCUT2D eigenvalue weighted by Crippen LogP contribution is -2.35. The molecule has 1 unspecified atom stereocenters. The fraction of sp³-hybridized carbons (Fsp3) is 0.192. The van der Waals surface area contributed by atoms with Crippen LogP contribution in [0.3, 0.4) is 0 Å². The van der Waals surface area contributed by atoms with Gasteiger partial charge in [-0.2, -0.15) is 4.31 Å². The molecule has 0 aliphatic rings. The zero-order valence-electron chi connectivity index (χ0n) is 18.3. The molecule has 0 amide bonds. The monoisotopic (exact) mass is 445 g/mol. The summed E-state index contributed by atoms with van der Waals surface area (Å²) in [5.74, 6) is 0.800. The van der Waals surface area contributed by atoms with Gasteiger partial charge in [-0.05, 0) is 29.2 Å². The molecule has 1 aromatic heterocycles. The molecule has 0 fully saturated rings. The molecule has 5 nitrogen and oxygen atoms in total. The average Bonchev–Trinajstić information content (AvgIpc) is 3.30. The van der Waals surface area contributed by atoms with E-state index in [1.807, 2.05) is 98.0 Å². The molecular formula is C26H27N3O2S. The summed E-state index contributed by atoms with van der Waals surface area (Å²) in [7, 11) is -3.42. The standard InChI is InChI=1S/C26H27N3O2S/c1-3-17-29(32(2,30)31)25(20-11-6-4-7-12-20)23-16-10-15-22(18-23)24-19-27-26(28-24)21-13-8-5-9-14-21/h4-16,18-19,25H,3,17H2,1-2H3,(H,27,28). The van der Waals surface area contributed by atoms with Gasteiger partial charge in [0, 0.05) is 12.1 Å². The predicted molar refractivity (Wildman–Crippen MR) is 130 cm³/mol. The number of hydrogen-bond acceptors (Lipinski definition) is 3. The molecule has 0 saturated carbocycles. The van der Waals surface area contributed by atoms with Crippen LogP contribution in [0.2, 0.25) is 0 Å². The van der Waals surface area contributed by atoms with Crippen LogP contribution in [-0.4, -0.2) is 35.5 Å². The van der Waals surface area contributed by atoms with E-state index >= 15 is 0 Å². The van der Waals surface area contributed by atoms with Gasteiger partial charge in [-0.3, -0.25) is 0 Å². The molecule has 1 atom stereocenters. The van der Waals surface area contributed by atoms with Crippen LogP contribution in [0, 0.1) is 0 Å². The average molecular weight is 446 g/mol. The molecule has 1 heterocycles. The quantitative estimate of drug-likeness (QED) is 0.389. The van der Waals surface area contributed by atoms with Crippen LogP contribution in [0.4, 0.5) is 0 Å². The number of benzene rings is 3. The molecule has 3 aromatic carbocycles. The Morgan fingerprint density at radius 1 is 0.875 bits per heavy atom. The molecule has 0 aliphatic heterocycles. The number of nitrogens with zero attached hydrogens (tertiary/aromatic N) is 2. The first-order valence-electron chi connectivity index (χ1n) is 10.7. The van der Waals surface area contributed by atoms with Crippen molar-refractivity contribution in [1.82, 2.24) is 14.3 Å². The van der Waals surface area contributed by atoms with Crippen molar-refractivity contribution in [1.29, 1.82) is 0 Å². The topological polar surface area (TPSA) is 66.1 Å². The van der Waals surface area contributed by atoms with Crippen molar-refractivity contribution < 1.29 is 8.42 Å². The van der Waals surface area contributed by atoms with Gasteiger partial charge in [0.25, 0.3) is 0 Å². The van der Waals surface area contributed by atoms with Gasteiger partial charge in [0.1, 0.15) is 5.82 Å². The molecule has 164 valence electrons. The lowest BCUT2D eigenvalue weighted by Gasteiger charge is -2.30. The molecule has 0 radical (unpaired) electrons. The Kier molecular flexibility index (Phi) is 6.53. The Morgan fingerprint density at radius 3 is 2.16 bits per heavy atom. The van der Waals surface area contributed by atoms with E-state index in [0.717, 1.165) is 40.2 Å². The Morgan fingerprint density at radius 2 is 1.50 bits per heavy atom. The van der Waals surface area contributed by atoms with Crippen molar-refractivity contribution in [3.63, 3.8) is 0 Å². The van der Waals surface area contributed by atoms with E-state index in [0.29, 0.717) is 6.54 Å².